The van der Waals surface area contributed by atoms with E-state index >= 15 is 0 Å². The van der Waals surface area contributed by atoms with Crippen LogP contribution in [0, 0.1) is 0 Å². The highest BCUT2D eigenvalue weighted by atomic mass is 32.2. The van der Waals surface area contributed by atoms with Gasteiger partial charge in [-0.05, 0) is 49.9 Å². The molecule has 2 aromatic rings. The van der Waals surface area contributed by atoms with E-state index in [9.17, 15) is 13.2 Å². The average molecular weight is 401 g/mol. The van der Waals surface area contributed by atoms with Crippen LogP contribution in [0.1, 0.15) is 25.7 Å². The maximum Gasteiger partial charge on any atom is 0.322 e. The highest BCUT2D eigenvalue weighted by Gasteiger charge is 2.47. The van der Waals surface area contributed by atoms with Crippen LogP contribution >= 0.6 is 0 Å². The third kappa shape index (κ3) is 3.46. The number of rotatable bonds is 4. The first kappa shape index (κ1) is 18.8. The van der Waals surface area contributed by atoms with Gasteiger partial charge in [0.05, 0.1) is 17.3 Å². The summed E-state index contributed by atoms with van der Waals surface area (Å²) in [7, 11) is -1.80. The van der Waals surface area contributed by atoms with Crippen molar-refractivity contribution in [3.63, 3.8) is 0 Å². The molecule has 2 aliphatic heterocycles. The van der Waals surface area contributed by atoms with Gasteiger partial charge in [0.25, 0.3) is 0 Å². The van der Waals surface area contributed by atoms with Gasteiger partial charge < -0.3 is 15.0 Å². The van der Waals surface area contributed by atoms with Crippen molar-refractivity contribution in [1.29, 1.82) is 0 Å². The number of urea groups is 1. The van der Waals surface area contributed by atoms with Gasteiger partial charge in [-0.15, -0.1) is 0 Å². The summed E-state index contributed by atoms with van der Waals surface area (Å²) in [6, 6.07) is 15.6. The van der Waals surface area contributed by atoms with Gasteiger partial charge in [-0.25, -0.2) is 13.2 Å². The molecule has 0 spiro atoms. The number of carbonyl (C=O) groups is 1. The predicted molar refractivity (Wildman–Crippen MR) is 107 cm³/mol. The van der Waals surface area contributed by atoms with E-state index in [-0.39, 0.29) is 18.1 Å². The molecule has 2 saturated heterocycles. The number of sulfone groups is 1. The Balaban J connectivity index is 1.49. The number of amides is 2. The van der Waals surface area contributed by atoms with E-state index in [4.69, 9.17) is 4.74 Å². The van der Waals surface area contributed by atoms with Crippen LogP contribution in [-0.2, 0) is 9.84 Å². The minimum absolute atomic E-state index is 0.0483. The Morgan fingerprint density at radius 1 is 1.04 bits per heavy atom. The number of hydrogen-bond acceptors (Lipinski definition) is 4. The van der Waals surface area contributed by atoms with Crippen molar-refractivity contribution in [2.24, 2.45) is 0 Å². The van der Waals surface area contributed by atoms with Crippen LogP contribution in [0.3, 0.4) is 0 Å². The molecule has 0 saturated carbocycles. The number of fused-ring (bicyclic) bond motifs is 2. The molecule has 1 N–H and O–H groups in total. The summed E-state index contributed by atoms with van der Waals surface area (Å²) in [5.74, 6) is 0.674. The maximum absolute atomic E-state index is 13.0. The zero-order valence-corrected chi connectivity index (χ0v) is 16.6. The Morgan fingerprint density at radius 3 is 2.36 bits per heavy atom. The van der Waals surface area contributed by atoms with Gasteiger partial charge in [-0.1, -0.05) is 24.3 Å². The molecule has 2 heterocycles. The lowest BCUT2D eigenvalue weighted by molar-refractivity contribution is 0.160. The number of nitrogens with zero attached hydrogens (tertiary/aromatic N) is 1. The van der Waals surface area contributed by atoms with Gasteiger partial charge in [-0.3, -0.25) is 0 Å². The van der Waals surface area contributed by atoms with Crippen LogP contribution in [0.5, 0.6) is 5.75 Å². The fraction of sp³-hybridized carbons (Fsp3) is 0.381. The molecule has 2 amide bonds. The Morgan fingerprint density at radius 2 is 1.71 bits per heavy atom. The second-order valence-electron chi connectivity index (χ2n) is 7.41. The first-order valence-electron chi connectivity index (χ1n) is 9.51. The molecule has 148 valence electrons. The number of methoxy groups -OCH3 is 1. The van der Waals surface area contributed by atoms with Crippen molar-refractivity contribution in [3.8, 4) is 5.75 Å². The quantitative estimate of drug-likeness (QED) is 0.849. The molecule has 28 heavy (non-hydrogen) atoms. The number of nitrogens with one attached hydrogen (secondary N) is 1. The Bertz CT molecular complexity index is 947. The minimum Gasteiger partial charge on any atom is -0.497 e. The molecular weight excluding hydrogens is 376 g/mol. The van der Waals surface area contributed by atoms with Crippen LogP contribution in [0.15, 0.2) is 59.5 Å². The third-order valence-electron chi connectivity index (χ3n) is 5.76. The van der Waals surface area contributed by atoms with Gasteiger partial charge in [0, 0.05) is 23.8 Å². The van der Waals surface area contributed by atoms with Crippen molar-refractivity contribution in [2.45, 2.75) is 47.9 Å². The molecule has 7 heteroatoms. The normalized spacial score (nSPS) is 24.0. The Kier molecular flexibility index (Phi) is 5.02. The fourth-order valence-corrected chi connectivity index (χ4v) is 6.28. The van der Waals surface area contributed by atoms with Crippen LogP contribution in [0.2, 0.25) is 0 Å². The summed E-state index contributed by atoms with van der Waals surface area (Å²) in [5, 5.41) is 2.49. The summed E-state index contributed by atoms with van der Waals surface area (Å²) in [6.07, 6.45) is 2.66. The third-order valence-corrected chi connectivity index (χ3v) is 7.95. The lowest BCUT2D eigenvalue weighted by atomic mass is 10.0. The summed E-state index contributed by atoms with van der Waals surface area (Å²) in [6.45, 7) is 0. The lowest BCUT2D eigenvalue weighted by Crippen LogP contribution is -2.51. The van der Waals surface area contributed by atoms with Crippen molar-refractivity contribution >= 4 is 21.6 Å². The van der Waals surface area contributed by atoms with Crippen molar-refractivity contribution in [1.82, 2.24) is 4.90 Å². The molecule has 0 aliphatic carbocycles. The molecule has 2 unspecified atom stereocenters. The number of piperidine rings is 1. The van der Waals surface area contributed by atoms with Crippen molar-refractivity contribution < 1.29 is 17.9 Å². The number of anilines is 1. The number of hydrogen-bond donors (Lipinski definition) is 1. The highest BCUT2D eigenvalue weighted by Crippen LogP contribution is 2.40. The maximum atomic E-state index is 13.0. The monoisotopic (exact) mass is 400 g/mol. The average Bonchev–Trinajstić information content (AvgIpc) is 2.98. The smallest absolute Gasteiger partial charge is 0.322 e. The first-order valence-corrected chi connectivity index (χ1v) is 11.1. The number of carbonyl (C=O) groups excluding carboxylic acids is 1. The van der Waals surface area contributed by atoms with Crippen LogP contribution in [0.4, 0.5) is 10.5 Å². The molecule has 2 aliphatic rings. The van der Waals surface area contributed by atoms with Crippen LogP contribution in [-0.4, -0.2) is 43.8 Å². The number of benzene rings is 2. The molecule has 4 rings (SSSR count). The number of ether oxygens (including phenoxy) is 1. The summed E-state index contributed by atoms with van der Waals surface area (Å²) in [4.78, 5) is 15.1. The molecular formula is C21H24N2O4S. The van der Waals surface area contributed by atoms with Gasteiger partial charge in [-0.2, -0.15) is 0 Å². The van der Waals surface area contributed by atoms with Gasteiger partial charge in [0.15, 0.2) is 9.84 Å². The SMILES string of the molecule is COc1cccc(NC(=O)N2C3CCC2CC(S(=O)(=O)c2ccccc2)C3)c1. The van der Waals surface area contributed by atoms with E-state index in [1.54, 1.807) is 37.4 Å². The summed E-state index contributed by atoms with van der Waals surface area (Å²) >= 11 is 0. The van der Waals surface area contributed by atoms with E-state index < -0.39 is 15.1 Å². The van der Waals surface area contributed by atoms with Crippen molar-refractivity contribution in [3.05, 3.63) is 54.6 Å². The van der Waals surface area contributed by atoms with E-state index in [1.807, 2.05) is 29.2 Å². The fourth-order valence-electron chi connectivity index (χ4n) is 4.40. The second kappa shape index (κ2) is 7.47. The predicted octanol–water partition coefficient (Wildman–Crippen LogP) is 3.70. The van der Waals surface area contributed by atoms with E-state index in [0.29, 0.717) is 29.2 Å². The zero-order valence-electron chi connectivity index (χ0n) is 15.7. The van der Waals surface area contributed by atoms with E-state index in [2.05, 4.69) is 5.32 Å². The van der Waals surface area contributed by atoms with Gasteiger partial charge >= 0.3 is 6.03 Å². The van der Waals surface area contributed by atoms with Gasteiger partial charge in [0.2, 0.25) is 0 Å². The van der Waals surface area contributed by atoms with E-state index in [1.165, 1.54) is 0 Å². The molecule has 0 radical (unpaired) electrons. The molecule has 2 aromatic carbocycles. The Hall–Kier alpha value is -2.54. The zero-order chi connectivity index (χ0) is 19.7. The van der Waals surface area contributed by atoms with Crippen LogP contribution in [0.25, 0.3) is 0 Å². The molecule has 6 nitrogen and oxygen atoms in total. The molecule has 2 atom stereocenters. The second-order valence-corrected chi connectivity index (χ2v) is 9.63. The summed E-state index contributed by atoms with van der Waals surface area (Å²) in [5.41, 5.74) is 0.669. The lowest BCUT2D eigenvalue weighted by Gasteiger charge is -2.38. The Labute approximate surface area is 165 Å². The first-order chi connectivity index (χ1) is 13.5. The summed E-state index contributed by atoms with van der Waals surface area (Å²) < 4.78 is 31.2. The molecule has 2 fully saturated rings. The topological polar surface area (TPSA) is 75.7 Å². The van der Waals surface area contributed by atoms with Gasteiger partial charge in [0.1, 0.15) is 5.75 Å². The van der Waals surface area contributed by atoms with E-state index in [0.717, 1.165) is 12.8 Å². The minimum atomic E-state index is -3.38. The standard InChI is InChI=1S/C21H24N2O4S/c1-27-18-7-5-6-15(12-18)22-21(24)23-16-10-11-17(23)14-20(13-16)28(25,26)19-8-3-2-4-9-19/h2-9,12,16-17,20H,10-11,13-14H2,1H3,(H,22,24). The highest BCUT2D eigenvalue weighted by molar-refractivity contribution is 7.92. The molecule has 2 bridgehead atoms. The van der Waals surface area contributed by atoms with Crippen LogP contribution < -0.4 is 10.1 Å². The van der Waals surface area contributed by atoms with Crippen molar-refractivity contribution in [2.75, 3.05) is 12.4 Å². The largest absolute Gasteiger partial charge is 0.497 e. The molecule has 0 aromatic heterocycles.